The van der Waals surface area contributed by atoms with E-state index in [-0.39, 0.29) is 18.7 Å². The summed E-state index contributed by atoms with van der Waals surface area (Å²) in [4.78, 5) is 11.0. The van der Waals surface area contributed by atoms with Crippen molar-refractivity contribution in [2.24, 2.45) is 0 Å². The molecule has 0 aliphatic heterocycles. The lowest BCUT2D eigenvalue weighted by molar-refractivity contribution is -0.140. The molecule has 5 nitrogen and oxygen atoms in total. The third kappa shape index (κ3) is 24.0. The summed E-state index contributed by atoms with van der Waals surface area (Å²) in [5.74, 6) is -0.189. The zero-order valence-electron chi connectivity index (χ0n) is 21.4. The molecular formula is C27H54O5. The second-order valence-electron chi connectivity index (χ2n) is 9.09. The summed E-state index contributed by atoms with van der Waals surface area (Å²) in [5, 5.41) is 9.37. The fourth-order valence-corrected chi connectivity index (χ4v) is 3.84. The van der Waals surface area contributed by atoms with Crippen LogP contribution in [0, 0.1) is 0 Å². The Kier molecular flexibility index (Phi) is 26.1. The van der Waals surface area contributed by atoms with Crippen LogP contribution in [0.2, 0.25) is 0 Å². The number of aliphatic hydroxyl groups excluding tert-OH is 1. The standard InChI is InChI=1S/C27H54O5/c1-3-4-5-6-7-8-9-10-11-12-13-14-15-16-17-19-22-31-25-26(24-28)32-23-20-18-21-27(29)30-2/h26,28H,3-25H2,1-2H3/t26-/m0/s1. The predicted molar refractivity (Wildman–Crippen MR) is 133 cm³/mol. The molecule has 0 bridgehead atoms. The number of esters is 1. The van der Waals surface area contributed by atoms with Gasteiger partial charge in [0.25, 0.3) is 0 Å². The van der Waals surface area contributed by atoms with Crippen molar-refractivity contribution < 1.29 is 24.1 Å². The lowest BCUT2D eigenvalue weighted by Gasteiger charge is -2.15. The normalized spacial score (nSPS) is 12.2. The van der Waals surface area contributed by atoms with Gasteiger partial charge >= 0.3 is 5.97 Å². The van der Waals surface area contributed by atoms with Crippen LogP contribution in [0.3, 0.4) is 0 Å². The Bertz CT molecular complexity index is 375. The highest BCUT2D eigenvalue weighted by atomic mass is 16.5. The van der Waals surface area contributed by atoms with Gasteiger partial charge in [0.05, 0.1) is 20.3 Å². The molecule has 0 aromatic heterocycles. The lowest BCUT2D eigenvalue weighted by atomic mass is 10.0. The van der Waals surface area contributed by atoms with E-state index in [9.17, 15) is 9.90 Å². The van der Waals surface area contributed by atoms with Crippen LogP contribution >= 0.6 is 0 Å². The Morgan fingerprint density at radius 1 is 0.688 bits per heavy atom. The number of aliphatic hydroxyl groups is 1. The number of hydrogen-bond donors (Lipinski definition) is 1. The quantitative estimate of drug-likeness (QED) is 0.112. The van der Waals surface area contributed by atoms with Crippen molar-refractivity contribution in [3.63, 3.8) is 0 Å². The highest BCUT2D eigenvalue weighted by Crippen LogP contribution is 2.13. The number of carbonyl (C=O) groups excluding carboxylic acids is 1. The maximum atomic E-state index is 11.0. The first-order chi connectivity index (χ1) is 15.7. The topological polar surface area (TPSA) is 65.0 Å². The molecule has 0 aliphatic rings. The minimum Gasteiger partial charge on any atom is -0.469 e. The minimum atomic E-state index is -0.269. The van der Waals surface area contributed by atoms with Crippen LogP contribution in [0.1, 0.15) is 129 Å². The summed E-state index contributed by atoms with van der Waals surface area (Å²) in [6.45, 7) is 3.95. The van der Waals surface area contributed by atoms with Crippen LogP contribution in [0.4, 0.5) is 0 Å². The molecule has 0 saturated carbocycles. The van der Waals surface area contributed by atoms with Gasteiger partial charge in [-0.15, -0.1) is 0 Å². The van der Waals surface area contributed by atoms with Crippen LogP contribution in [0.25, 0.3) is 0 Å². The van der Waals surface area contributed by atoms with Crippen molar-refractivity contribution in [3.8, 4) is 0 Å². The minimum absolute atomic E-state index is 0.0318. The largest absolute Gasteiger partial charge is 0.469 e. The number of ether oxygens (including phenoxy) is 3. The van der Waals surface area contributed by atoms with Crippen LogP contribution < -0.4 is 0 Å². The van der Waals surface area contributed by atoms with E-state index < -0.39 is 0 Å². The number of methoxy groups -OCH3 is 1. The van der Waals surface area contributed by atoms with Crippen molar-refractivity contribution in [1.82, 2.24) is 0 Å². The first-order valence-electron chi connectivity index (χ1n) is 13.6. The van der Waals surface area contributed by atoms with Gasteiger partial charge < -0.3 is 19.3 Å². The predicted octanol–water partition coefficient (Wildman–Crippen LogP) is 6.99. The maximum absolute atomic E-state index is 11.0. The molecule has 0 unspecified atom stereocenters. The monoisotopic (exact) mass is 458 g/mol. The highest BCUT2D eigenvalue weighted by Gasteiger charge is 2.08. The van der Waals surface area contributed by atoms with Crippen molar-refractivity contribution in [2.75, 3.05) is 33.5 Å². The van der Waals surface area contributed by atoms with Gasteiger partial charge in [-0.05, 0) is 19.3 Å². The molecule has 0 spiro atoms. The third-order valence-electron chi connectivity index (χ3n) is 6.01. The molecule has 0 rings (SSSR count). The van der Waals surface area contributed by atoms with Gasteiger partial charge in [0.1, 0.15) is 6.10 Å². The van der Waals surface area contributed by atoms with E-state index in [2.05, 4.69) is 11.7 Å². The van der Waals surface area contributed by atoms with Crippen molar-refractivity contribution in [2.45, 2.75) is 135 Å². The number of unbranched alkanes of at least 4 members (excludes halogenated alkanes) is 16. The zero-order chi connectivity index (χ0) is 23.5. The van der Waals surface area contributed by atoms with E-state index in [4.69, 9.17) is 9.47 Å². The molecule has 0 heterocycles. The van der Waals surface area contributed by atoms with Gasteiger partial charge in [0, 0.05) is 19.6 Å². The molecule has 0 aromatic carbocycles. The molecule has 0 aliphatic carbocycles. The Morgan fingerprint density at radius 2 is 1.16 bits per heavy atom. The molecule has 1 N–H and O–H groups in total. The summed E-state index contributed by atoms with van der Waals surface area (Å²) in [6.07, 6.45) is 23.6. The molecule has 0 radical (unpaired) electrons. The Labute approximate surface area is 199 Å². The Hall–Kier alpha value is -0.650. The molecule has 0 aromatic rings. The van der Waals surface area contributed by atoms with Crippen LogP contribution in [-0.4, -0.2) is 50.7 Å². The van der Waals surface area contributed by atoms with Gasteiger partial charge in [0.2, 0.25) is 0 Å². The second kappa shape index (κ2) is 26.6. The molecule has 0 amide bonds. The van der Waals surface area contributed by atoms with E-state index in [1.165, 1.54) is 103 Å². The molecule has 32 heavy (non-hydrogen) atoms. The molecule has 1 atom stereocenters. The number of rotatable bonds is 26. The van der Waals surface area contributed by atoms with Crippen molar-refractivity contribution in [1.29, 1.82) is 0 Å². The zero-order valence-corrected chi connectivity index (χ0v) is 21.4. The number of hydrogen-bond acceptors (Lipinski definition) is 5. The van der Waals surface area contributed by atoms with Gasteiger partial charge in [-0.2, -0.15) is 0 Å². The average molecular weight is 459 g/mol. The third-order valence-corrected chi connectivity index (χ3v) is 6.01. The van der Waals surface area contributed by atoms with E-state index >= 15 is 0 Å². The fourth-order valence-electron chi connectivity index (χ4n) is 3.84. The van der Waals surface area contributed by atoms with Crippen molar-refractivity contribution >= 4 is 5.97 Å². The van der Waals surface area contributed by atoms with Gasteiger partial charge in [-0.3, -0.25) is 4.79 Å². The lowest BCUT2D eigenvalue weighted by Crippen LogP contribution is -2.24. The highest BCUT2D eigenvalue weighted by molar-refractivity contribution is 5.68. The van der Waals surface area contributed by atoms with Gasteiger partial charge in [0.15, 0.2) is 0 Å². The SMILES string of the molecule is CCCCCCCCCCCCCCCCCCOC[C@H](CO)OCCCCC(=O)OC. The summed E-state index contributed by atoms with van der Waals surface area (Å²) >= 11 is 0. The van der Waals surface area contributed by atoms with Crippen LogP contribution in [0.5, 0.6) is 0 Å². The molecule has 0 fully saturated rings. The summed E-state index contributed by atoms with van der Waals surface area (Å²) < 4.78 is 15.9. The molecule has 0 saturated heterocycles. The van der Waals surface area contributed by atoms with Crippen molar-refractivity contribution in [3.05, 3.63) is 0 Å². The van der Waals surface area contributed by atoms with Gasteiger partial charge in [-0.25, -0.2) is 0 Å². The summed E-state index contributed by atoms with van der Waals surface area (Å²) in [7, 11) is 1.40. The Balaban J connectivity index is 3.24. The van der Waals surface area contributed by atoms with Crippen LogP contribution in [0.15, 0.2) is 0 Å². The number of carbonyl (C=O) groups is 1. The summed E-state index contributed by atoms with van der Waals surface area (Å²) in [5.41, 5.74) is 0. The fraction of sp³-hybridized carbons (Fsp3) is 0.963. The first kappa shape index (κ1) is 31.4. The molecule has 192 valence electrons. The second-order valence-corrected chi connectivity index (χ2v) is 9.09. The molecule has 5 heteroatoms. The average Bonchev–Trinajstić information content (AvgIpc) is 2.81. The maximum Gasteiger partial charge on any atom is 0.305 e. The van der Waals surface area contributed by atoms with E-state index in [0.717, 1.165) is 25.9 Å². The molecular weight excluding hydrogens is 404 g/mol. The smallest absolute Gasteiger partial charge is 0.305 e. The van der Waals surface area contributed by atoms with E-state index in [0.29, 0.717) is 19.6 Å². The first-order valence-corrected chi connectivity index (χ1v) is 13.6. The van der Waals surface area contributed by atoms with Crippen LogP contribution in [-0.2, 0) is 19.0 Å². The van der Waals surface area contributed by atoms with E-state index in [1.807, 2.05) is 0 Å². The Morgan fingerprint density at radius 3 is 1.62 bits per heavy atom. The summed E-state index contributed by atoms with van der Waals surface area (Å²) in [6, 6.07) is 0. The van der Waals surface area contributed by atoms with E-state index in [1.54, 1.807) is 0 Å². The van der Waals surface area contributed by atoms with Gasteiger partial charge in [-0.1, -0.05) is 103 Å².